The second kappa shape index (κ2) is 6.42. The van der Waals surface area contributed by atoms with Crippen molar-refractivity contribution >= 4 is 0 Å². The van der Waals surface area contributed by atoms with Crippen LogP contribution in [-0.4, -0.2) is 24.5 Å². The minimum absolute atomic E-state index is 1.11. The van der Waals surface area contributed by atoms with Crippen molar-refractivity contribution in [2.75, 3.05) is 19.6 Å². The molecule has 3 rings (SSSR count). The Morgan fingerprint density at radius 3 is 1.46 bits per heavy atom. The van der Waals surface area contributed by atoms with Gasteiger partial charge >= 0.3 is 0 Å². The van der Waals surface area contributed by atoms with Crippen LogP contribution in [0.25, 0.3) is 0 Å². The molecule has 0 atom stereocenters. The van der Waals surface area contributed by atoms with E-state index in [0.29, 0.717) is 0 Å². The fraction of sp³-hybridized carbons (Fsp3) is 1.00. The first-order valence-corrected chi connectivity index (χ1v) is 6.09. The monoisotopic (exact) mass is 183 g/mol. The van der Waals surface area contributed by atoms with E-state index >= 15 is 0 Å². The van der Waals surface area contributed by atoms with E-state index in [4.69, 9.17) is 0 Å². The van der Waals surface area contributed by atoms with Gasteiger partial charge in [-0.1, -0.05) is 33.1 Å². The summed E-state index contributed by atoms with van der Waals surface area (Å²) in [5.41, 5.74) is 0. The van der Waals surface area contributed by atoms with E-state index in [2.05, 4.69) is 18.7 Å². The highest BCUT2D eigenvalue weighted by molar-refractivity contribution is 4.78. The van der Waals surface area contributed by atoms with Crippen molar-refractivity contribution in [1.82, 2.24) is 4.90 Å². The number of hydrogen-bond acceptors (Lipinski definition) is 1. The topological polar surface area (TPSA) is 3.24 Å². The summed E-state index contributed by atoms with van der Waals surface area (Å²) in [5.74, 6) is 1.11. The molecule has 3 fully saturated rings. The van der Waals surface area contributed by atoms with Crippen LogP contribution in [0.15, 0.2) is 0 Å². The molecule has 0 aliphatic carbocycles. The summed E-state index contributed by atoms with van der Waals surface area (Å²) in [4.78, 5) is 2.58. The third-order valence-corrected chi connectivity index (χ3v) is 3.27. The highest BCUT2D eigenvalue weighted by atomic mass is 15.1. The van der Waals surface area contributed by atoms with E-state index in [1.165, 1.54) is 58.2 Å². The first-order valence-electron chi connectivity index (χ1n) is 6.09. The predicted octanol–water partition coefficient (Wildman–Crippen LogP) is 3.30. The number of fused-ring (bicyclic) bond motifs is 3. The number of nitrogens with zero attached hydrogens (tertiary/aromatic N) is 1. The quantitative estimate of drug-likeness (QED) is 0.635. The zero-order chi connectivity index (χ0) is 9.52. The lowest BCUT2D eigenvalue weighted by Gasteiger charge is -2.38. The number of piperidine rings is 3. The molecule has 0 spiro atoms. The van der Waals surface area contributed by atoms with E-state index in [1.807, 2.05) is 0 Å². The van der Waals surface area contributed by atoms with Crippen molar-refractivity contribution < 1.29 is 0 Å². The summed E-state index contributed by atoms with van der Waals surface area (Å²) in [5, 5.41) is 0. The summed E-state index contributed by atoms with van der Waals surface area (Å²) in [6, 6.07) is 0. The van der Waals surface area contributed by atoms with Crippen LogP contribution >= 0.6 is 0 Å². The Bertz CT molecular complexity index is 89.3. The van der Waals surface area contributed by atoms with E-state index in [9.17, 15) is 0 Å². The van der Waals surface area contributed by atoms with Gasteiger partial charge < -0.3 is 4.90 Å². The van der Waals surface area contributed by atoms with Crippen LogP contribution in [0, 0.1) is 5.92 Å². The van der Waals surface area contributed by atoms with Gasteiger partial charge in [-0.25, -0.2) is 0 Å². The maximum Gasteiger partial charge on any atom is -0.00161 e. The van der Waals surface area contributed by atoms with E-state index in [-0.39, 0.29) is 0 Å². The lowest BCUT2D eigenvalue weighted by molar-refractivity contribution is 0.111. The second-order valence-corrected chi connectivity index (χ2v) is 4.43. The Hall–Kier alpha value is -0.0400. The van der Waals surface area contributed by atoms with Gasteiger partial charge in [-0.2, -0.15) is 0 Å². The average Bonchev–Trinajstić information content (AvgIpc) is 2.23. The van der Waals surface area contributed by atoms with Crippen molar-refractivity contribution in [3.8, 4) is 0 Å². The van der Waals surface area contributed by atoms with Gasteiger partial charge in [0.15, 0.2) is 0 Å². The van der Waals surface area contributed by atoms with Gasteiger partial charge in [0.2, 0.25) is 0 Å². The third-order valence-electron chi connectivity index (χ3n) is 3.27. The lowest BCUT2D eigenvalue weighted by Crippen LogP contribution is -2.41. The summed E-state index contributed by atoms with van der Waals surface area (Å²) in [6.07, 6.45) is 8.53. The van der Waals surface area contributed by atoms with Gasteiger partial charge in [0.05, 0.1) is 0 Å². The zero-order valence-electron chi connectivity index (χ0n) is 9.39. The molecule has 0 unspecified atom stereocenters. The molecule has 1 heteroatoms. The predicted molar refractivity (Wildman–Crippen MR) is 59.0 cm³/mol. The number of rotatable bonds is 2. The van der Waals surface area contributed by atoms with E-state index < -0.39 is 0 Å². The molecule has 0 aromatic rings. The molecule has 3 heterocycles. The SMILES string of the molecule is C1CN2CCC1CC2.CCCCC. The second-order valence-electron chi connectivity index (χ2n) is 4.43. The summed E-state index contributed by atoms with van der Waals surface area (Å²) in [7, 11) is 0. The molecule has 0 radical (unpaired) electrons. The molecule has 0 aromatic heterocycles. The molecule has 0 amide bonds. The highest BCUT2D eigenvalue weighted by Crippen LogP contribution is 2.26. The van der Waals surface area contributed by atoms with Gasteiger partial charge in [-0.3, -0.25) is 0 Å². The largest absolute Gasteiger partial charge is 0.303 e. The van der Waals surface area contributed by atoms with Crippen molar-refractivity contribution in [3.63, 3.8) is 0 Å². The van der Waals surface area contributed by atoms with Crippen LogP contribution in [0.2, 0.25) is 0 Å². The highest BCUT2D eigenvalue weighted by Gasteiger charge is 2.24. The number of hydrogen-bond donors (Lipinski definition) is 0. The van der Waals surface area contributed by atoms with Crippen molar-refractivity contribution in [2.24, 2.45) is 5.92 Å². The fourth-order valence-electron chi connectivity index (χ4n) is 2.22. The van der Waals surface area contributed by atoms with Crippen LogP contribution in [0.3, 0.4) is 0 Å². The fourth-order valence-corrected chi connectivity index (χ4v) is 2.22. The van der Waals surface area contributed by atoms with Gasteiger partial charge in [-0.15, -0.1) is 0 Å². The molecular weight excluding hydrogens is 158 g/mol. The van der Waals surface area contributed by atoms with Crippen LogP contribution in [-0.2, 0) is 0 Å². The van der Waals surface area contributed by atoms with Gasteiger partial charge in [0, 0.05) is 0 Å². The summed E-state index contributed by atoms with van der Waals surface area (Å²) >= 11 is 0. The third kappa shape index (κ3) is 4.12. The summed E-state index contributed by atoms with van der Waals surface area (Å²) in [6.45, 7) is 8.60. The van der Waals surface area contributed by atoms with Gasteiger partial charge in [0.25, 0.3) is 0 Å². The molecular formula is C12H25N. The van der Waals surface area contributed by atoms with Gasteiger partial charge in [0.1, 0.15) is 0 Å². The summed E-state index contributed by atoms with van der Waals surface area (Å²) < 4.78 is 0. The standard InChI is InChI=1S/C7H13N.C5H12/c1-4-8-5-2-7(1)3-6-8;1-3-5-4-2/h7H,1-6H2;3-5H2,1-2H3. The molecule has 3 aliphatic heterocycles. The van der Waals surface area contributed by atoms with Crippen LogP contribution in [0.1, 0.15) is 52.4 Å². The van der Waals surface area contributed by atoms with Crippen LogP contribution < -0.4 is 0 Å². The van der Waals surface area contributed by atoms with Crippen LogP contribution in [0.5, 0.6) is 0 Å². The first-order chi connectivity index (χ1) is 6.36. The first kappa shape index (κ1) is 11.0. The molecule has 3 aliphatic rings. The number of unbranched alkanes of at least 4 members (excludes halogenated alkanes) is 2. The van der Waals surface area contributed by atoms with Crippen molar-refractivity contribution in [3.05, 3.63) is 0 Å². The molecule has 1 nitrogen and oxygen atoms in total. The van der Waals surface area contributed by atoms with E-state index in [1.54, 1.807) is 0 Å². The van der Waals surface area contributed by atoms with Crippen LogP contribution in [0.4, 0.5) is 0 Å². The maximum atomic E-state index is 2.58. The van der Waals surface area contributed by atoms with Crippen molar-refractivity contribution in [2.45, 2.75) is 52.4 Å². The molecule has 13 heavy (non-hydrogen) atoms. The Labute approximate surface area is 83.5 Å². The Balaban J connectivity index is 0.000000149. The Morgan fingerprint density at radius 1 is 0.923 bits per heavy atom. The van der Waals surface area contributed by atoms with Gasteiger partial charge in [-0.05, 0) is 44.8 Å². The molecule has 0 saturated carbocycles. The Kier molecular flexibility index (Phi) is 5.45. The minimum Gasteiger partial charge on any atom is -0.303 e. The molecule has 0 N–H and O–H groups in total. The molecule has 2 bridgehead atoms. The van der Waals surface area contributed by atoms with E-state index in [0.717, 1.165) is 5.92 Å². The normalized spacial score (nSPS) is 30.9. The zero-order valence-corrected chi connectivity index (χ0v) is 9.39. The maximum absolute atomic E-state index is 2.58. The Morgan fingerprint density at radius 2 is 1.38 bits per heavy atom. The molecule has 3 saturated heterocycles. The molecule has 78 valence electrons. The molecule has 0 aromatic carbocycles. The smallest absolute Gasteiger partial charge is 0.00161 e. The average molecular weight is 183 g/mol. The lowest BCUT2D eigenvalue weighted by atomic mass is 9.89. The minimum atomic E-state index is 1.11. The van der Waals surface area contributed by atoms with Crippen molar-refractivity contribution in [1.29, 1.82) is 0 Å².